The van der Waals surface area contributed by atoms with Crippen LogP contribution < -0.4 is 20.3 Å². The molecule has 1 amide bonds. The van der Waals surface area contributed by atoms with E-state index in [1.165, 1.54) is 0 Å². The Bertz CT molecular complexity index is 818. The van der Waals surface area contributed by atoms with Crippen molar-refractivity contribution in [1.29, 1.82) is 0 Å². The van der Waals surface area contributed by atoms with Crippen LogP contribution in [0.15, 0.2) is 47.6 Å². The van der Waals surface area contributed by atoms with Crippen LogP contribution in [0, 0.1) is 0 Å². The maximum atomic E-state index is 11.8. The van der Waals surface area contributed by atoms with E-state index in [1.807, 2.05) is 47.5 Å². The van der Waals surface area contributed by atoms with Crippen LogP contribution in [-0.4, -0.2) is 37.1 Å². The SMILES string of the molecule is CCCOc1ccc(CNC(=NC)NCc2ccc(N3CCCC3=O)cc2)cn1. The summed E-state index contributed by atoms with van der Waals surface area (Å²) in [6.45, 7) is 4.83. The number of carbonyl (C=O) groups is 1. The summed E-state index contributed by atoms with van der Waals surface area (Å²) in [5, 5.41) is 6.59. The Morgan fingerprint density at radius 2 is 1.86 bits per heavy atom. The summed E-state index contributed by atoms with van der Waals surface area (Å²) in [4.78, 5) is 22.3. The first-order valence-corrected chi connectivity index (χ1v) is 10.1. The molecule has 1 aromatic carbocycles. The van der Waals surface area contributed by atoms with E-state index in [4.69, 9.17) is 4.74 Å². The van der Waals surface area contributed by atoms with Gasteiger partial charge < -0.3 is 20.3 Å². The van der Waals surface area contributed by atoms with E-state index in [0.29, 0.717) is 32.0 Å². The van der Waals surface area contributed by atoms with Crippen molar-refractivity contribution in [1.82, 2.24) is 15.6 Å². The topological polar surface area (TPSA) is 78.9 Å². The van der Waals surface area contributed by atoms with Crippen molar-refractivity contribution in [3.05, 3.63) is 53.7 Å². The predicted molar refractivity (Wildman–Crippen MR) is 115 cm³/mol. The number of ether oxygens (including phenoxy) is 1. The second-order valence-electron chi connectivity index (χ2n) is 6.95. The van der Waals surface area contributed by atoms with Crippen LogP contribution in [0.1, 0.15) is 37.3 Å². The Morgan fingerprint density at radius 3 is 2.45 bits per heavy atom. The second kappa shape index (κ2) is 10.5. The highest BCUT2D eigenvalue weighted by Crippen LogP contribution is 2.21. The molecule has 0 atom stereocenters. The van der Waals surface area contributed by atoms with Crippen molar-refractivity contribution < 1.29 is 9.53 Å². The van der Waals surface area contributed by atoms with E-state index in [0.717, 1.165) is 42.2 Å². The molecule has 0 unspecified atom stereocenters. The molecule has 2 aromatic rings. The third-order valence-corrected chi connectivity index (χ3v) is 4.72. The van der Waals surface area contributed by atoms with Gasteiger partial charge in [-0.25, -0.2) is 4.98 Å². The monoisotopic (exact) mass is 395 g/mol. The van der Waals surface area contributed by atoms with E-state index in [2.05, 4.69) is 27.5 Å². The molecule has 1 saturated heterocycles. The summed E-state index contributed by atoms with van der Waals surface area (Å²) < 4.78 is 5.50. The zero-order valence-electron chi connectivity index (χ0n) is 17.1. The summed E-state index contributed by atoms with van der Waals surface area (Å²) in [7, 11) is 1.75. The lowest BCUT2D eigenvalue weighted by molar-refractivity contribution is -0.117. The number of guanidine groups is 1. The molecule has 1 aliphatic rings. The number of aliphatic imine (C=N–C) groups is 1. The van der Waals surface area contributed by atoms with Gasteiger partial charge in [-0.05, 0) is 36.1 Å². The second-order valence-corrected chi connectivity index (χ2v) is 6.95. The van der Waals surface area contributed by atoms with Gasteiger partial charge >= 0.3 is 0 Å². The first kappa shape index (κ1) is 20.6. The van der Waals surface area contributed by atoms with E-state index in [9.17, 15) is 4.79 Å². The van der Waals surface area contributed by atoms with Gasteiger partial charge in [0.05, 0.1) is 6.61 Å². The summed E-state index contributed by atoms with van der Waals surface area (Å²) >= 11 is 0. The molecule has 0 aliphatic carbocycles. The third-order valence-electron chi connectivity index (χ3n) is 4.72. The van der Waals surface area contributed by atoms with Gasteiger partial charge in [0.1, 0.15) is 0 Å². The molecular formula is C22H29N5O2. The number of nitrogens with one attached hydrogen (secondary N) is 2. The maximum absolute atomic E-state index is 11.8. The fraction of sp³-hybridized carbons (Fsp3) is 0.409. The smallest absolute Gasteiger partial charge is 0.227 e. The van der Waals surface area contributed by atoms with Crippen LogP contribution in [-0.2, 0) is 17.9 Å². The highest BCUT2D eigenvalue weighted by molar-refractivity contribution is 5.95. The van der Waals surface area contributed by atoms with Crippen LogP contribution in [0.25, 0.3) is 0 Å². The molecule has 0 radical (unpaired) electrons. The van der Waals surface area contributed by atoms with Gasteiger partial charge in [-0.15, -0.1) is 0 Å². The Morgan fingerprint density at radius 1 is 1.14 bits per heavy atom. The highest BCUT2D eigenvalue weighted by atomic mass is 16.5. The summed E-state index contributed by atoms with van der Waals surface area (Å²) in [6.07, 6.45) is 4.36. The molecule has 7 heteroatoms. The number of rotatable bonds is 8. The molecular weight excluding hydrogens is 366 g/mol. The lowest BCUT2D eigenvalue weighted by atomic mass is 10.2. The molecule has 154 valence electrons. The van der Waals surface area contributed by atoms with Gasteiger partial charge in [0.25, 0.3) is 0 Å². The number of amides is 1. The Balaban J connectivity index is 1.46. The number of aromatic nitrogens is 1. The standard InChI is InChI=1S/C22H29N5O2/c1-3-13-29-20-11-8-18(15-24-20)16-26-22(23-2)25-14-17-6-9-19(10-7-17)27-12-4-5-21(27)28/h6-11,15H,3-5,12-14,16H2,1-2H3,(H2,23,25,26). The van der Waals surface area contributed by atoms with Gasteiger partial charge in [0, 0.05) is 51.1 Å². The lowest BCUT2D eigenvalue weighted by Gasteiger charge is -2.16. The minimum atomic E-state index is 0.208. The zero-order valence-corrected chi connectivity index (χ0v) is 17.1. The van der Waals surface area contributed by atoms with E-state index in [-0.39, 0.29) is 5.91 Å². The number of nitrogens with zero attached hydrogens (tertiary/aromatic N) is 3. The third kappa shape index (κ3) is 5.94. The molecule has 2 N–H and O–H groups in total. The normalized spacial score (nSPS) is 14.2. The average Bonchev–Trinajstić information content (AvgIpc) is 3.19. The molecule has 1 aromatic heterocycles. The number of hydrogen-bond donors (Lipinski definition) is 2. The Labute approximate surface area is 172 Å². The summed E-state index contributed by atoms with van der Waals surface area (Å²) in [5.41, 5.74) is 3.15. The lowest BCUT2D eigenvalue weighted by Crippen LogP contribution is -2.36. The fourth-order valence-corrected chi connectivity index (χ4v) is 3.11. The van der Waals surface area contributed by atoms with Gasteiger partial charge in [-0.2, -0.15) is 0 Å². The van der Waals surface area contributed by atoms with Crippen LogP contribution >= 0.6 is 0 Å². The van der Waals surface area contributed by atoms with Crippen molar-refractivity contribution >= 4 is 17.6 Å². The van der Waals surface area contributed by atoms with Gasteiger partial charge in [0.15, 0.2) is 5.96 Å². The van der Waals surface area contributed by atoms with Crippen molar-refractivity contribution in [3.8, 4) is 5.88 Å². The molecule has 29 heavy (non-hydrogen) atoms. The molecule has 2 heterocycles. The summed E-state index contributed by atoms with van der Waals surface area (Å²) in [5.74, 6) is 1.58. The van der Waals surface area contributed by atoms with E-state index < -0.39 is 0 Å². The number of anilines is 1. The van der Waals surface area contributed by atoms with Gasteiger partial charge in [-0.3, -0.25) is 9.79 Å². The van der Waals surface area contributed by atoms with Gasteiger partial charge in [0.2, 0.25) is 11.8 Å². The first-order valence-electron chi connectivity index (χ1n) is 10.1. The molecule has 0 saturated carbocycles. The Kier molecular flexibility index (Phi) is 7.44. The van der Waals surface area contributed by atoms with Gasteiger partial charge in [-0.1, -0.05) is 25.1 Å². The minimum absolute atomic E-state index is 0.208. The number of pyridine rings is 1. The molecule has 1 fully saturated rings. The van der Waals surface area contributed by atoms with Crippen molar-refractivity contribution in [2.45, 2.75) is 39.3 Å². The number of hydrogen-bond acceptors (Lipinski definition) is 4. The largest absolute Gasteiger partial charge is 0.478 e. The van der Waals surface area contributed by atoms with Crippen molar-refractivity contribution in [2.75, 3.05) is 25.1 Å². The van der Waals surface area contributed by atoms with Crippen LogP contribution in [0.4, 0.5) is 5.69 Å². The number of benzene rings is 1. The zero-order chi connectivity index (χ0) is 20.5. The average molecular weight is 396 g/mol. The molecule has 0 spiro atoms. The molecule has 3 rings (SSSR count). The Hall–Kier alpha value is -3.09. The predicted octanol–water partition coefficient (Wildman–Crippen LogP) is 2.86. The minimum Gasteiger partial charge on any atom is -0.478 e. The summed E-state index contributed by atoms with van der Waals surface area (Å²) in [6, 6.07) is 12.0. The van der Waals surface area contributed by atoms with E-state index >= 15 is 0 Å². The van der Waals surface area contributed by atoms with Crippen LogP contribution in [0.3, 0.4) is 0 Å². The van der Waals surface area contributed by atoms with Crippen molar-refractivity contribution in [2.24, 2.45) is 4.99 Å². The molecule has 0 bridgehead atoms. The number of carbonyl (C=O) groups excluding carboxylic acids is 1. The highest BCUT2D eigenvalue weighted by Gasteiger charge is 2.21. The quantitative estimate of drug-likeness (QED) is 0.531. The van der Waals surface area contributed by atoms with E-state index in [1.54, 1.807) is 7.05 Å². The van der Waals surface area contributed by atoms with Crippen LogP contribution in [0.5, 0.6) is 5.88 Å². The molecule has 7 nitrogen and oxygen atoms in total. The molecule has 1 aliphatic heterocycles. The maximum Gasteiger partial charge on any atom is 0.227 e. The first-order chi connectivity index (χ1) is 14.2. The van der Waals surface area contributed by atoms with Crippen molar-refractivity contribution in [3.63, 3.8) is 0 Å². The fourth-order valence-electron chi connectivity index (χ4n) is 3.11. The van der Waals surface area contributed by atoms with Crippen LogP contribution in [0.2, 0.25) is 0 Å².